The molecule has 1 saturated heterocycles. The van der Waals surface area contributed by atoms with Crippen LogP contribution in [0.2, 0.25) is 0 Å². The van der Waals surface area contributed by atoms with Crippen LogP contribution in [0.15, 0.2) is 72.3 Å². The van der Waals surface area contributed by atoms with Crippen LogP contribution < -0.4 is 19.7 Å². The Kier molecular flexibility index (Phi) is 6.72. The van der Waals surface area contributed by atoms with Gasteiger partial charge in [0.2, 0.25) is 0 Å². The third-order valence-corrected chi connectivity index (χ3v) is 5.24. The van der Waals surface area contributed by atoms with Gasteiger partial charge in [0.1, 0.15) is 18.0 Å². The van der Waals surface area contributed by atoms with Crippen molar-refractivity contribution in [2.75, 3.05) is 12.0 Å². The molecule has 3 aromatic rings. The maximum Gasteiger partial charge on any atom is 0.336 e. The van der Waals surface area contributed by atoms with Crippen molar-refractivity contribution in [1.29, 1.82) is 0 Å². The van der Waals surface area contributed by atoms with Crippen LogP contribution in [0.3, 0.4) is 0 Å². The molecule has 1 fully saturated rings. The number of urea groups is 1. The number of amides is 4. The zero-order valence-electron chi connectivity index (χ0n) is 18.8. The van der Waals surface area contributed by atoms with Crippen molar-refractivity contribution >= 4 is 35.3 Å². The Hall–Kier alpha value is -5.06. The maximum absolute atomic E-state index is 14.3. The van der Waals surface area contributed by atoms with Crippen molar-refractivity contribution in [3.05, 3.63) is 99.4 Å². The minimum absolute atomic E-state index is 0.0674. The van der Waals surface area contributed by atoms with E-state index in [0.717, 1.165) is 23.8 Å². The molecular weight excluding hydrogens is 473 g/mol. The van der Waals surface area contributed by atoms with Crippen molar-refractivity contribution in [2.45, 2.75) is 6.61 Å². The number of hydrogen-bond acceptors (Lipinski definition) is 7. The monoisotopic (exact) mass is 491 g/mol. The van der Waals surface area contributed by atoms with Crippen LogP contribution in [0.4, 0.5) is 20.6 Å². The lowest BCUT2D eigenvalue weighted by molar-refractivity contribution is -0.385. The Labute approximate surface area is 203 Å². The fraction of sp³-hybridized carbons (Fsp3) is 0.0800. The first-order chi connectivity index (χ1) is 17.3. The summed E-state index contributed by atoms with van der Waals surface area (Å²) in [6, 6.07) is 15.3. The van der Waals surface area contributed by atoms with Gasteiger partial charge in [0.05, 0.1) is 29.4 Å². The Morgan fingerprint density at radius 3 is 2.39 bits per heavy atom. The number of nitro groups is 1. The second kappa shape index (κ2) is 10.1. The predicted molar refractivity (Wildman–Crippen MR) is 126 cm³/mol. The zero-order valence-corrected chi connectivity index (χ0v) is 18.8. The van der Waals surface area contributed by atoms with E-state index in [9.17, 15) is 28.9 Å². The van der Waals surface area contributed by atoms with Crippen molar-refractivity contribution in [2.24, 2.45) is 0 Å². The Morgan fingerprint density at radius 2 is 1.72 bits per heavy atom. The van der Waals surface area contributed by atoms with E-state index < -0.39 is 39.8 Å². The van der Waals surface area contributed by atoms with Gasteiger partial charge in [-0.2, -0.15) is 0 Å². The second-order valence-electron chi connectivity index (χ2n) is 7.50. The molecule has 0 unspecified atom stereocenters. The van der Waals surface area contributed by atoms with Gasteiger partial charge in [-0.3, -0.25) is 25.0 Å². The van der Waals surface area contributed by atoms with Crippen LogP contribution >= 0.6 is 0 Å². The number of imide groups is 2. The zero-order chi connectivity index (χ0) is 25.8. The van der Waals surface area contributed by atoms with Gasteiger partial charge >= 0.3 is 6.03 Å². The first kappa shape index (κ1) is 24.1. The lowest BCUT2D eigenvalue weighted by Crippen LogP contribution is -2.54. The smallest absolute Gasteiger partial charge is 0.336 e. The largest absolute Gasteiger partial charge is 0.493 e. The summed E-state index contributed by atoms with van der Waals surface area (Å²) in [7, 11) is 1.32. The number of ether oxygens (including phenoxy) is 2. The molecule has 182 valence electrons. The molecule has 10 nitrogen and oxygen atoms in total. The molecule has 1 aliphatic heterocycles. The molecule has 0 saturated carbocycles. The molecule has 0 radical (unpaired) electrons. The number of nitrogens with one attached hydrogen (secondary N) is 1. The van der Waals surface area contributed by atoms with Crippen molar-refractivity contribution in [3.8, 4) is 11.5 Å². The van der Waals surface area contributed by atoms with E-state index in [-0.39, 0.29) is 29.4 Å². The number of nitrogens with zero attached hydrogens (tertiary/aromatic N) is 2. The molecule has 1 aliphatic rings. The van der Waals surface area contributed by atoms with E-state index >= 15 is 0 Å². The number of carbonyl (C=O) groups excluding carboxylic acids is 3. The number of methoxy groups -OCH3 is 1. The van der Waals surface area contributed by atoms with Crippen LogP contribution in [0.25, 0.3) is 6.08 Å². The molecule has 11 heteroatoms. The summed E-state index contributed by atoms with van der Waals surface area (Å²) in [5.41, 5.74) is -0.821. The van der Waals surface area contributed by atoms with Gasteiger partial charge in [-0.1, -0.05) is 42.5 Å². The third-order valence-electron chi connectivity index (χ3n) is 5.24. The number of anilines is 1. The Bertz CT molecular complexity index is 1410. The Morgan fingerprint density at radius 1 is 1.03 bits per heavy atom. The molecule has 1 heterocycles. The van der Waals surface area contributed by atoms with Gasteiger partial charge in [0, 0.05) is 0 Å². The number of rotatable bonds is 7. The average Bonchev–Trinajstić information content (AvgIpc) is 2.86. The molecule has 1 N–H and O–H groups in total. The van der Waals surface area contributed by atoms with Crippen LogP contribution in [0.1, 0.15) is 11.1 Å². The SMILES string of the molecule is COc1cc(C=C2C(=O)NC(=O)N(c3ccccc3F)C2=O)c([N+](=O)[O-])cc1OCc1ccccc1. The average molecular weight is 491 g/mol. The summed E-state index contributed by atoms with van der Waals surface area (Å²) in [6.45, 7) is 0.107. The van der Waals surface area contributed by atoms with Crippen molar-refractivity contribution < 1.29 is 33.2 Å². The molecule has 3 aromatic carbocycles. The minimum Gasteiger partial charge on any atom is -0.493 e. The number of hydrogen-bond donors (Lipinski definition) is 1. The summed E-state index contributed by atoms with van der Waals surface area (Å²) in [5.74, 6) is -2.93. The number of para-hydroxylation sites is 1. The highest BCUT2D eigenvalue weighted by atomic mass is 19.1. The van der Waals surface area contributed by atoms with Gasteiger partial charge < -0.3 is 9.47 Å². The van der Waals surface area contributed by atoms with E-state index in [4.69, 9.17) is 9.47 Å². The van der Waals surface area contributed by atoms with E-state index in [0.29, 0.717) is 4.90 Å². The Balaban J connectivity index is 1.74. The maximum atomic E-state index is 14.3. The van der Waals surface area contributed by atoms with Gasteiger partial charge in [-0.25, -0.2) is 14.1 Å². The number of barbiturate groups is 1. The normalized spacial score (nSPS) is 14.6. The summed E-state index contributed by atoms with van der Waals surface area (Å²) < 4.78 is 25.3. The topological polar surface area (TPSA) is 128 Å². The highest BCUT2D eigenvalue weighted by Gasteiger charge is 2.38. The molecule has 0 aliphatic carbocycles. The molecule has 4 amide bonds. The van der Waals surface area contributed by atoms with E-state index in [1.165, 1.54) is 31.4 Å². The molecule has 36 heavy (non-hydrogen) atoms. The number of halogens is 1. The van der Waals surface area contributed by atoms with Crippen molar-refractivity contribution in [1.82, 2.24) is 5.32 Å². The lowest BCUT2D eigenvalue weighted by atomic mass is 10.0. The number of carbonyl (C=O) groups is 3. The fourth-order valence-electron chi connectivity index (χ4n) is 3.51. The second-order valence-corrected chi connectivity index (χ2v) is 7.50. The molecule has 0 spiro atoms. The summed E-state index contributed by atoms with van der Waals surface area (Å²) in [4.78, 5) is 49.4. The molecular formula is C25H18FN3O7. The highest BCUT2D eigenvalue weighted by Crippen LogP contribution is 2.37. The number of benzene rings is 3. The first-order valence-corrected chi connectivity index (χ1v) is 10.5. The van der Waals surface area contributed by atoms with E-state index in [1.54, 1.807) is 0 Å². The van der Waals surface area contributed by atoms with Crippen LogP contribution in [0, 0.1) is 15.9 Å². The third kappa shape index (κ3) is 4.75. The van der Waals surface area contributed by atoms with Gasteiger partial charge in [-0.15, -0.1) is 0 Å². The quantitative estimate of drug-likeness (QED) is 0.229. The van der Waals surface area contributed by atoms with Gasteiger partial charge in [0.25, 0.3) is 17.5 Å². The minimum atomic E-state index is -1.15. The van der Waals surface area contributed by atoms with Crippen molar-refractivity contribution in [3.63, 3.8) is 0 Å². The molecule has 4 rings (SSSR count). The molecule has 0 aromatic heterocycles. The molecule has 0 atom stereocenters. The molecule has 0 bridgehead atoms. The standard InChI is InChI=1S/C25H18FN3O7/c1-35-21-12-16(20(29(33)34)13-22(21)36-14-15-7-3-2-4-8-15)11-17-23(30)27-25(32)28(24(17)31)19-10-6-5-9-18(19)26/h2-13H,14H2,1H3,(H,27,30,32). The first-order valence-electron chi connectivity index (χ1n) is 10.5. The van der Waals surface area contributed by atoms with E-state index in [1.807, 2.05) is 35.6 Å². The van der Waals surface area contributed by atoms with Crippen LogP contribution in [0.5, 0.6) is 11.5 Å². The fourth-order valence-corrected chi connectivity index (χ4v) is 3.51. The lowest BCUT2D eigenvalue weighted by Gasteiger charge is -2.26. The van der Waals surface area contributed by atoms with Crippen LogP contribution in [-0.2, 0) is 16.2 Å². The van der Waals surface area contributed by atoms with Gasteiger partial charge in [0.15, 0.2) is 11.5 Å². The predicted octanol–water partition coefficient (Wildman–Crippen LogP) is 3.99. The van der Waals surface area contributed by atoms with E-state index in [2.05, 4.69) is 0 Å². The summed E-state index contributed by atoms with van der Waals surface area (Å²) >= 11 is 0. The summed E-state index contributed by atoms with van der Waals surface area (Å²) in [6.07, 6.45) is 0.944. The van der Waals surface area contributed by atoms with Gasteiger partial charge in [-0.05, 0) is 29.8 Å². The highest BCUT2D eigenvalue weighted by molar-refractivity contribution is 6.39. The van der Waals surface area contributed by atoms with Crippen LogP contribution in [-0.4, -0.2) is 29.9 Å². The number of nitro benzene ring substituents is 1. The summed E-state index contributed by atoms with van der Waals surface area (Å²) in [5, 5.41) is 13.8.